The molecule has 7 heteroatoms. The lowest BCUT2D eigenvalue weighted by atomic mass is 10.0. The number of aromatic nitrogens is 2. The number of anilines is 1. The largest absolute Gasteiger partial charge is 0.454 e. The second-order valence-corrected chi connectivity index (χ2v) is 7.81. The molecule has 152 valence electrons. The minimum atomic E-state index is -0.384. The monoisotopic (exact) mass is 427 g/mol. The third kappa shape index (κ3) is 3.91. The zero-order valence-corrected chi connectivity index (χ0v) is 17.1. The second kappa shape index (κ2) is 8.04. The minimum Gasteiger partial charge on any atom is -0.454 e. The van der Waals surface area contributed by atoms with Crippen LogP contribution in [0.5, 0.6) is 0 Å². The van der Waals surface area contributed by atoms with E-state index in [9.17, 15) is 9.59 Å². The molecule has 6 nitrogen and oxygen atoms in total. The Kier molecular flexibility index (Phi) is 4.93. The van der Waals surface area contributed by atoms with Crippen LogP contribution >= 0.6 is 11.3 Å². The number of rotatable bonds is 5. The van der Waals surface area contributed by atoms with E-state index in [1.807, 2.05) is 29.6 Å². The van der Waals surface area contributed by atoms with Crippen LogP contribution in [-0.2, 0) is 6.54 Å². The summed E-state index contributed by atoms with van der Waals surface area (Å²) in [5, 5.41) is 7.45. The number of thiazole rings is 1. The van der Waals surface area contributed by atoms with Gasteiger partial charge in [0.2, 0.25) is 0 Å². The molecule has 2 aromatic carbocycles. The molecule has 0 aliphatic carbocycles. The summed E-state index contributed by atoms with van der Waals surface area (Å²) in [7, 11) is 0. The van der Waals surface area contributed by atoms with E-state index in [0.717, 1.165) is 22.0 Å². The Labute approximate surface area is 181 Å². The molecule has 1 amide bonds. The molecule has 3 aromatic heterocycles. The normalized spacial score (nSPS) is 11.0. The molecule has 0 aliphatic rings. The number of fused-ring (bicyclic) bond motifs is 1. The molecule has 0 saturated heterocycles. The van der Waals surface area contributed by atoms with E-state index in [4.69, 9.17) is 4.42 Å². The van der Waals surface area contributed by atoms with E-state index < -0.39 is 0 Å². The molecule has 5 rings (SSSR count). The number of benzene rings is 2. The van der Waals surface area contributed by atoms with Gasteiger partial charge in [0, 0.05) is 23.2 Å². The summed E-state index contributed by atoms with van der Waals surface area (Å²) >= 11 is 1.36. The fourth-order valence-corrected chi connectivity index (χ4v) is 4.11. The zero-order chi connectivity index (χ0) is 21.2. The Morgan fingerprint density at radius 2 is 1.84 bits per heavy atom. The first kappa shape index (κ1) is 19.0. The summed E-state index contributed by atoms with van der Waals surface area (Å²) in [4.78, 5) is 29.0. The van der Waals surface area contributed by atoms with Gasteiger partial charge >= 0.3 is 0 Å². The topological polar surface area (TPSA) is 77.1 Å². The fraction of sp³-hybridized carbons (Fsp3) is 0.0417. The summed E-state index contributed by atoms with van der Waals surface area (Å²) in [5.41, 5.74) is 1.69. The Hall–Kier alpha value is -3.97. The number of hydrogen-bond donors (Lipinski definition) is 1. The number of carbonyl (C=O) groups is 1. The molecule has 0 radical (unpaired) electrons. The summed E-state index contributed by atoms with van der Waals surface area (Å²) in [5.74, 6) is 0.306. The first-order chi connectivity index (χ1) is 15.2. The predicted molar refractivity (Wildman–Crippen MR) is 122 cm³/mol. The molecule has 0 fully saturated rings. The van der Waals surface area contributed by atoms with Crippen molar-refractivity contribution in [3.63, 3.8) is 0 Å². The highest BCUT2D eigenvalue weighted by Gasteiger charge is 2.15. The van der Waals surface area contributed by atoms with Crippen molar-refractivity contribution in [2.75, 3.05) is 5.32 Å². The smallest absolute Gasteiger partial charge is 0.293 e. The van der Waals surface area contributed by atoms with Crippen LogP contribution in [0.15, 0.2) is 93.6 Å². The number of furan rings is 1. The van der Waals surface area contributed by atoms with Crippen LogP contribution in [0.1, 0.15) is 16.3 Å². The lowest BCUT2D eigenvalue weighted by Gasteiger charge is -2.03. The first-order valence-electron chi connectivity index (χ1n) is 9.66. The van der Waals surface area contributed by atoms with E-state index in [-0.39, 0.29) is 23.8 Å². The van der Waals surface area contributed by atoms with Gasteiger partial charge in [-0.15, -0.1) is 11.3 Å². The van der Waals surface area contributed by atoms with Crippen LogP contribution in [0, 0.1) is 0 Å². The van der Waals surface area contributed by atoms with Gasteiger partial charge in [-0.25, -0.2) is 4.98 Å². The number of nitrogens with one attached hydrogen (secondary N) is 1. The molecule has 0 atom stereocenters. The van der Waals surface area contributed by atoms with Gasteiger partial charge in [-0.1, -0.05) is 48.5 Å². The Morgan fingerprint density at radius 1 is 1.00 bits per heavy atom. The molecule has 0 bridgehead atoms. The lowest BCUT2D eigenvalue weighted by molar-refractivity contribution is 0.0994. The SMILES string of the molecule is O=C(Nc1nc(-c2cccc3ccccc23)cs1)c1ccc(Cn2ccccc2=O)o1. The molecule has 0 saturated carbocycles. The maximum absolute atomic E-state index is 12.6. The number of carbonyl (C=O) groups excluding carboxylic acids is 1. The molecular weight excluding hydrogens is 410 g/mol. The maximum atomic E-state index is 12.6. The standard InChI is InChI=1S/C24H17N3O3S/c28-22-10-3-4-13-27(22)14-17-11-12-21(30-17)23(29)26-24-25-20(15-31-24)19-9-5-7-16-6-1-2-8-18(16)19/h1-13,15H,14H2,(H,25,26,29). The third-order valence-corrected chi connectivity index (χ3v) is 5.66. The summed E-state index contributed by atoms with van der Waals surface area (Å²) in [6, 6.07) is 22.4. The van der Waals surface area contributed by atoms with Crippen molar-refractivity contribution in [3.8, 4) is 11.3 Å². The Balaban J connectivity index is 1.33. The summed E-state index contributed by atoms with van der Waals surface area (Å²) in [6.07, 6.45) is 1.68. The van der Waals surface area contributed by atoms with Gasteiger partial charge in [-0.3, -0.25) is 14.9 Å². The van der Waals surface area contributed by atoms with Crippen molar-refractivity contribution < 1.29 is 9.21 Å². The number of amides is 1. The van der Waals surface area contributed by atoms with Crippen molar-refractivity contribution in [2.24, 2.45) is 0 Å². The van der Waals surface area contributed by atoms with E-state index in [1.165, 1.54) is 22.0 Å². The highest BCUT2D eigenvalue weighted by Crippen LogP contribution is 2.31. The van der Waals surface area contributed by atoms with Gasteiger partial charge < -0.3 is 8.98 Å². The molecule has 0 spiro atoms. The molecule has 31 heavy (non-hydrogen) atoms. The highest BCUT2D eigenvalue weighted by atomic mass is 32.1. The predicted octanol–water partition coefficient (Wildman–Crippen LogP) is 5.02. The van der Waals surface area contributed by atoms with Crippen molar-refractivity contribution >= 4 is 33.1 Å². The second-order valence-electron chi connectivity index (χ2n) is 6.95. The number of pyridine rings is 1. The van der Waals surface area contributed by atoms with Gasteiger partial charge in [0.1, 0.15) is 5.76 Å². The van der Waals surface area contributed by atoms with Gasteiger partial charge in [-0.2, -0.15) is 0 Å². The quantitative estimate of drug-likeness (QED) is 0.427. The summed E-state index contributed by atoms with van der Waals surface area (Å²) in [6.45, 7) is 0.259. The fourth-order valence-electron chi connectivity index (χ4n) is 3.41. The minimum absolute atomic E-state index is 0.131. The van der Waals surface area contributed by atoms with Crippen molar-refractivity contribution in [2.45, 2.75) is 6.54 Å². The van der Waals surface area contributed by atoms with Crippen LogP contribution in [0.2, 0.25) is 0 Å². The van der Waals surface area contributed by atoms with Crippen molar-refractivity contribution in [3.05, 3.63) is 106 Å². The van der Waals surface area contributed by atoms with E-state index in [1.54, 1.807) is 30.5 Å². The lowest BCUT2D eigenvalue weighted by Crippen LogP contribution is -2.18. The van der Waals surface area contributed by atoms with Crippen molar-refractivity contribution in [1.82, 2.24) is 9.55 Å². The third-order valence-electron chi connectivity index (χ3n) is 4.90. The molecule has 0 unspecified atom stereocenters. The van der Waals surface area contributed by atoms with Gasteiger partial charge in [0.25, 0.3) is 11.5 Å². The van der Waals surface area contributed by atoms with Gasteiger partial charge in [0.15, 0.2) is 10.9 Å². The van der Waals surface area contributed by atoms with Crippen LogP contribution in [0.3, 0.4) is 0 Å². The molecule has 0 aliphatic heterocycles. The molecule has 5 aromatic rings. The number of hydrogen-bond acceptors (Lipinski definition) is 5. The maximum Gasteiger partial charge on any atom is 0.293 e. The van der Waals surface area contributed by atoms with Crippen LogP contribution in [-0.4, -0.2) is 15.5 Å². The molecule has 3 heterocycles. The first-order valence-corrected chi connectivity index (χ1v) is 10.5. The van der Waals surface area contributed by atoms with E-state index in [0.29, 0.717) is 10.9 Å². The van der Waals surface area contributed by atoms with Gasteiger partial charge in [0.05, 0.1) is 12.2 Å². The van der Waals surface area contributed by atoms with E-state index in [2.05, 4.69) is 28.5 Å². The Morgan fingerprint density at radius 3 is 2.74 bits per heavy atom. The summed E-state index contributed by atoms with van der Waals surface area (Å²) < 4.78 is 7.14. The number of nitrogens with zero attached hydrogens (tertiary/aromatic N) is 2. The van der Waals surface area contributed by atoms with Crippen LogP contribution < -0.4 is 10.9 Å². The van der Waals surface area contributed by atoms with Crippen LogP contribution in [0.25, 0.3) is 22.0 Å². The average Bonchev–Trinajstić information content (AvgIpc) is 3.45. The zero-order valence-electron chi connectivity index (χ0n) is 16.3. The average molecular weight is 427 g/mol. The van der Waals surface area contributed by atoms with Crippen molar-refractivity contribution in [1.29, 1.82) is 0 Å². The van der Waals surface area contributed by atoms with Crippen LogP contribution in [0.4, 0.5) is 5.13 Å². The van der Waals surface area contributed by atoms with E-state index >= 15 is 0 Å². The molecule has 1 N–H and O–H groups in total. The van der Waals surface area contributed by atoms with Gasteiger partial charge in [-0.05, 0) is 29.0 Å². The highest BCUT2D eigenvalue weighted by molar-refractivity contribution is 7.14. The molecular formula is C24H17N3O3S. The Bertz CT molecular complexity index is 1440.